The van der Waals surface area contributed by atoms with Gasteiger partial charge < -0.3 is 9.90 Å². The molecule has 0 spiro atoms. The summed E-state index contributed by atoms with van der Waals surface area (Å²) in [4.78, 5) is 10.7. The molecule has 0 saturated carbocycles. The van der Waals surface area contributed by atoms with Crippen LogP contribution in [0, 0.1) is 5.92 Å². The van der Waals surface area contributed by atoms with Crippen molar-refractivity contribution in [3.63, 3.8) is 0 Å². The molecule has 1 unspecified atom stereocenters. The first kappa shape index (κ1) is 16.2. The van der Waals surface area contributed by atoms with Gasteiger partial charge in [0.2, 0.25) is 0 Å². The van der Waals surface area contributed by atoms with Gasteiger partial charge in [-0.25, -0.2) is 0 Å². The molecule has 0 aliphatic carbocycles. The van der Waals surface area contributed by atoms with Crippen LogP contribution in [-0.4, -0.2) is 10.4 Å². The highest BCUT2D eigenvalue weighted by atomic mass is 127. The fraction of sp³-hybridized carbons (Fsp3) is 0.923. The molecule has 0 heterocycles. The molecule has 0 aliphatic heterocycles. The summed E-state index contributed by atoms with van der Waals surface area (Å²) in [6.07, 6.45) is 10.3. The summed E-state index contributed by atoms with van der Waals surface area (Å²) in [5, 5.41) is 10.7. The van der Waals surface area contributed by atoms with E-state index >= 15 is 0 Å². The standard InChI is InChI=1S/C13H25IO2/c1-2-12(13(15)16)10-8-6-4-3-5-7-9-11-14/h12H,2-11H2,1H3,(H,15,16)/p-1. The van der Waals surface area contributed by atoms with E-state index in [0.29, 0.717) is 6.42 Å². The van der Waals surface area contributed by atoms with Crippen LogP contribution in [-0.2, 0) is 4.79 Å². The van der Waals surface area contributed by atoms with Gasteiger partial charge in [0.05, 0.1) is 0 Å². The predicted molar refractivity (Wildman–Crippen MR) is 74.6 cm³/mol. The minimum atomic E-state index is -0.871. The Hall–Kier alpha value is 0.200. The number of hydrogen-bond donors (Lipinski definition) is 0. The molecule has 0 aromatic carbocycles. The Balaban J connectivity index is 3.22. The van der Waals surface area contributed by atoms with Crippen LogP contribution in [0.3, 0.4) is 0 Å². The summed E-state index contributed by atoms with van der Waals surface area (Å²) in [5.41, 5.74) is 0. The van der Waals surface area contributed by atoms with Crippen LogP contribution in [0.4, 0.5) is 0 Å². The largest absolute Gasteiger partial charge is 0.550 e. The minimum Gasteiger partial charge on any atom is -0.550 e. The van der Waals surface area contributed by atoms with Crippen LogP contribution in [0.15, 0.2) is 0 Å². The maximum atomic E-state index is 10.7. The Kier molecular flexibility index (Phi) is 11.8. The lowest BCUT2D eigenvalue weighted by atomic mass is 9.98. The number of carboxylic acids is 1. The van der Waals surface area contributed by atoms with Crippen LogP contribution in [0.1, 0.15) is 64.7 Å². The van der Waals surface area contributed by atoms with Crippen molar-refractivity contribution in [1.82, 2.24) is 0 Å². The van der Waals surface area contributed by atoms with Gasteiger partial charge in [-0.3, -0.25) is 0 Å². The molecule has 0 fully saturated rings. The van der Waals surface area contributed by atoms with E-state index in [1.807, 2.05) is 6.92 Å². The van der Waals surface area contributed by atoms with Crippen molar-refractivity contribution in [3.05, 3.63) is 0 Å². The summed E-state index contributed by atoms with van der Waals surface area (Å²) in [5.74, 6) is -1.09. The topological polar surface area (TPSA) is 40.1 Å². The third-order valence-electron chi connectivity index (χ3n) is 3.01. The van der Waals surface area contributed by atoms with Gasteiger partial charge in [0.1, 0.15) is 0 Å². The molecule has 2 nitrogen and oxygen atoms in total. The van der Waals surface area contributed by atoms with E-state index in [2.05, 4.69) is 22.6 Å². The third-order valence-corrected chi connectivity index (χ3v) is 3.78. The molecule has 96 valence electrons. The second-order valence-electron chi connectivity index (χ2n) is 4.38. The Morgan fingerprint density at radius 2 is 1.56 bits per heavy atom. The van der Waals surface area contributed by atoms with Crippen molar-refractivity contribution < 1.29 is 9.90 Å². The van der Waals surface area contributed by atoms with Gasteiger partial charge in [0.25, 0.3) is 0 Å². The molecule has 0 amide bonds. The fourth-order valence-electron chi connectivity index (χ4n) is 1.86. The number of alkyl halides is 1. The van der Waals surface area contributed by atoms with Gasteiger partial charge in [-0.2, -0.15) is 0 Å². The van der Waals surface area contributed by atoms with Crippen LogP contribution < -0.4 is 5.11 Å². The van der Waals surface area contributed by atoms with E-state index < -0.39 is 5.97 Å². The van der Waals surface area contributed by atoms with Crippen molar-refractivity contribution in [1.29, 1.82) is 0 Å². The van der Waals surface area contributed by atoms with E-state index in [9.17, 15) is 9.90 Å². The Labute approximate surface area is 113 Å². The summed E-state index contributed by atoms with van der Waals surface area (Å²) < 4.78 is 1.27. The van der Waals surface area contributed by atoms with E-state index in [0.717, 1.165) is 12.8 Å². The quantitative estimate of drug-likeness (QED) is 0.329. The first-order chi connectivity index (χ1) is 7.72. The molecule has 0 radical (unpaired) electrons. The molecule has 0 aliphatic rings. The van der Waals surface area contributed by atoms with Gasteiger partial charge in [-0.05, 0) is 29.6 Å². The van der Waals surface area contributed by atoms with Gasteiger partial charge in [-0.15, -0.1) is 0 Å². The number of aliphatic carboxylic acids is 1. The minimum absolute atomic E-state index is 0.223. The number of unbranched alkanes of at least 4 members (excludes halogenated alkanes) is 6. The van der Waals surface area contributed by atoms with Crippen LogP contribution in [0.2, 0.25) is 0 Å². The molecule has 0 saturated heterocycles. The van der Waals surface area contributed by atoms with E-state index in [-0.39, 0.29) is 5.92 Å². The lowest BCUT2D eigenvalue weighted by Crippen LogP contribution is -2.30. The molecular formula is C13H24IO2-. The third kappa shape index (κ3) is 9.43. The van der Waals surface area contributed by atoms with E-state index in [1.54, 1.807) is 0 Å². The maximum absolute atomic E-state index is 10.7. The zero-order chi connectivity index (χ0) is 12.2. The monoisotopic (exact) mass is 339 g/mol. The SMILES string of the molecule is CCC(CCCCCCCCCI)C(=O)[O-]. The number of hydrogen-bond acceptors (Lipinski definition) is 2. The molecular weight excluding hydrogens is 315 g/mol. The van der Waals surface area contributed by atoms with Crippen molar-refractivity contribution in [3.8, 4) is 0 Å². The van der Waals surface area contributed by atoms with Gasteiger partial charge >= 0.3 is 0 Å². The van der Waals surface area contributed by atoms with Gasteiger partial charge in [0.15, 0.2) is 0 Å². The average molecular weight is 339 g/mol. The van der Waals surface area contributed by atoms with Crippen molar-refractivity contribution in [2.45, 2.75) is 64.7 Å². The van der Waals surface area contributed by atoms with E-state index in [1.165, 1.54) is 43.0 Å². The van der Waals surface area contributed by atoms with Gasteiger partial charge in [0, 0.05) is 5.97 Å². The Morgan fingerprint density at radius 1 is 1.06 bits per heavy atom. The van der Waals surface area contributed by atoms with Crippen molar-refractivity contribution in [2.75, 3.05) is 4.43 Å². The summed E-state index contributed by atoms with van der Waals surface area (Å²) >= 11 is 2.42. The number of carbonyl (C=O) groups is 1. The number of carbonyl (C=O) groups excluding carboxylic acids is 1. The Morgan fingerprint density at radius 3 is 2.00 bits per heavy atom. The molecule has 3 heteroatoms. The predicted octanol–water partition coefficient (Wildman–Crippen LogP) is 3.32. The van der Waals surface area contributed by atoms with Crippen LogP contribution in [0.5, 0.6) is 0 Å². The second kappa shape index (κ2) is 11.7. The summed E-state index contributed by atoms with van der Waals surface area (Å²) in [6, 6.07) is 0. The molecule has 16 heavy (non-hydrogen) atoms. The number of rotatable bonds is 11. The molecule has 0 N–H and O–H groups in total. The smallest absolute Gasteiger partial charge is 0.0445 e. The molecule has 0 rings (SSSR count). The number of halogens is 1. The molecule has 1 atom stereocenters. The highest BCUT2D eigenvalue weighted by molar-refractivity contribution is 14.1. The Bertz CT molecular complexity index is 171. The lowest BCUT2D eigenvalue weighted by molar-refractivity contribution is -0.311. The van der Waals surface area contributed by atoms with Crippen molar-refractivity contribution in [2.24, 2.45) is 5.92 Å². The fourth-order valence-corrected chi connectivity index (χ4v) is 2.40. The highest BCUT2D eigenvalue weighted by Gasteiger charge is 2.05. The highest BCUT2D eigenvalue weighted by Crippen LogP contribution is 2.14. The maximum Gasteiger partial charge on any atom is 0.0445 e. The zero-order valence-electron chi connectivity index (χ0n) is 10.3. The lowest BCUT2D eigenvalue weighted by Gasteiger charge is -2.15. The van der Waals surface area contributed by atoms with E-state index in [4.69, 9.17) is 0 Å². The molecule has 0 aromatic heterocycles. The van der Waals surface area contributed by atoms with Crippen LogP contribution in [0.25, 0.3) is 0 Å². The summed E-state index contributed by atoms with van der Waals surface area (Å²) in [7, 11) is 0. The second-order valence-corrected chi connectivity index (χ2v) is 5.46. The average Bonchev–Trinajstić information content (AvgIpc) is 2.26. The van der Waals surface area contributed by atoms with Crippen molar-refractivity contribution >= 4 is 28.6 Å². The summed E-state index contributed by atoms with van der Waals surface area (Å²) in [6.45, 7) is 1.92. The van der Waals surface area contributed by atoms with Crippen LogP contribution >= 0.6 is 22.6 Å². The van der Waals surface area contributed by atoms with Gasteiger partial charge in [-0.1, -0.05) is 68.0 Å². The number of carboxylic acid groups (broad SMARTS) is 1. The molecule has 0 bridgehead atoms. The zero-order valence-corrected chi connectivity index (χ0v) is 12.5. The first-order valence-electron chi connectivity index (χ1n) is 6.49. The molecule has 0 aromatic rings. The first-order valence-corrected chi connectivity index (χ1v) is 8.01. The normalized spacial score (nSPS) is 12.6.